The molecule has 0 aromatic heterocycles. The number of amides is 1. The Kier molecular flexibility index (Phi) is 4.76. The summed E-state index contributed by atoms with van der Waals surface area (Å²) in [5.41, 5.74) is 0.486. The van der Waals surface area contributed by atoms with Crippen molar-refractivity contribution in [2.24, 2.45) is 0 Å². The standard InChI is InChI=1S/C11H14BrNO3/c1-7(6-14)13-11(15)9-5-8(16-2)3-4-10(9)12/h3-5,7,14H,6H2,1-2H3,(H,13,15). The van der Waals surface area contributed by atoms with Crippen molar-refractivity contribution in [2.75, 3.05) is 13.7 Å². The first-order valence-corrected chi connectivity index (χ1v) is 5.63. The first-order chi connectivity index (χ1) is 7.58. The summed E-state index contributed by atoms with van der Waals surface area (Å²) >= 11 is 3.29. The molecule has 0 bridgehead atoms. The van der Waals surface area contributed by atoms with Gasteiger partial charge in [-0.3, -0.25) is 4.79 Å². The molecule has 0 fully saturated rings. The van der Waals surface area contributed by atoms with Crippen LogP contribution < -0.4 is 10.1 Å². The number of benzene rings is 1. The molecule has 0 saturated heterocycles. The van der Waals surface area contributed by atoms with Crippen LogP contribution in [0.1, 0.15) is 17.3 Å². The summed E-state index contributed by atoms with van der Waals surface area (Å²) < 4.78 is 5.73. The lowest BCUT2D eigenvalue weighted by Crippen LogP contribution is -2.35. The van der Waals surface area contributed by atoms with Crippen LogP contribution in [0.15, 0.2) is 22.7 Å². The van der Waals surface area contributed by atoms with Gasteiger partial charge in [-0.15, -0.1) is 0 Å². The van der Waals surface area contributed by atoms with Gasteiger partial charge in [0.15, 0.2) is 0 Å². The molecule has 0 saturated carbocycles. The van der Waals surface area contributed by atoms with Crippen LogP contribution in [0.3, 0.4) is 0 Å². The summed E-state index contributed by atoms with van der Waals surface area (Å²) in [6.45, 7) is 1.64. The highest BCUT2D eigenvalue weighted by molar-refractivity contribution is 9.10. The number of aliphatic hydroxyl groups is 1. The van der Waals surface area contributed by atoms with E-state index in [1.165, 1.54) is 0 Å². The molecule has 0 spiro atoms. The Hall–Kier alpha value is -1.07. The molecule has 1 rings (SSSR count). The number of halogens is 1. The third-order valence-corrected chi connectivity index (χ3v) is 2.76. The van der Waals surface area contributed by atoms with Gasteiger partial charge in [-0.2, -0.15) is 0 Å². The van der Waals surface area contributed by atoms with Crippen molar-refractivity contribution in [3.05, 3.63) is 28.2 Å². The predicted molar refractivity (Wildman–Crippen MR) is 64.7 cm³/mol. The first kappa shape index (κ1) is 13.0. The Morgan fingerprint density at radius 2 is 2.31 bits per heavy atom. The van der Waals surface area contributed by atoms with Crippen LogP contribution in [0.4, 0.5) is 0 Å². The summed E-state index contributed by atoms with van der Waals surface area (Å²) in [5, 5.41) is 11.5. The molecule has 1 amide bonds. The van der Waals surface area contributed by atoms with Crippen molar-refractivity contribution in [1.82, 2.24) is 5.32 Å². The summed E-state index contributed by atoms with van der Waals surface area (Å²) in [5.74, 6) is 0.373. The maximum absolute atomic E-state index is 11.8. The number of carbonyl (C=O) groups excluding carboxylic acids is 1. The van der Waals surface area contributed by atoms with Gasteiger partial charge in [-0.1, -0.05) is 0 Å². The molecule has 16 heavy (non-hydrogen) atoms. The van der Waals surface area contributed by atoms with E-state index in [-0.39, 0.29) is 18.6 Å². The molecule has 1 atom stereocenters. The Labute approximate surface area is 103 Å². The minimum Gasteiger partial charge on any atom is -0.497 e. The second-order valence-corrected chi connectivity index (χ2v) is 4.26. The van der Waals surface area contributed by atoms with Gasteiger partial charge < -0.3 is 15.2 Å². The number of hydrogen-bond donors (Lipinski definition) is 2. The predicted octanol–water partition coefficient (Wildman–Crippen LogP) is 1.57. The van der Waals surface area contributed by atoms with E-state index in [2.05, 4.69) is 21.2 Å². The van der Waals surface area contributed by atoms with E-state index < -0.39 is 0 Å². The fourth-order valence-corrected chi connectivity index (χ4v) is 1.58. The van der Waals surface area contributed by atoms with E-state index >= 15 is 0 Å². The zero-order valence-corrected chi connectivity index (χ0v) is 10.7. The molecule has 5 heteroatoms. The lowest BCUT2D eigenvalue weighted by atomic mass is 10.2. The molecule has 4 nitrogen and oxygen atoms in total. The van der Waals surface area contributed by atoms with Crippen molar-refractivity contribution in [3.63, 3.8) is 0 Å². The average molecular weight is 288 g/mol. The minimum atomic E-state index is -0.273. The molecule has 0 heterocycles. The Bertz CT molecular complexity index is 381. The number of rotatable bonds is 4. The van der Waals surface area contributed by atoms with Crippen LogP contribution in [0.5, 0.6) is 5.75 Å². The van der Waals surface area contributed by atoms with Crippen LogP contribution in [0.2, 0.25) is 0 Å². The van der Waals surface area contributed by atoms with Gasteiger partial charge in [0.05, 0.1) is 19.3 Å². The molecular formula is C11H14BrNO3. The summed E-state index contributed by atoms with van der Waals surface area (Å²) in [7, 11) is 1.54. The second kappa shape index (κ2) is 5.86. The number of ether oxygens (including phenoxy) is 1. The maximum Gasteiger partial charge on any atom is 0.252 e. The molecule has 1 aromatic rings. The quantitative estimate of drug-likeness (QED) is 0.884. The average Bonchev–Trinajstić information content (AvgIpc) is 2.29. The lowest BCUT2D eigenvalue weighted by Gasteiger charge is -2.12. The largest absolute Gasteiger partial charge is 0.497 e. The topological polar surface area (TPSA) is 58.6 Å². The van der Waals surface area contributed by atoms with Gasteiger partial charge in [0.2, 0.25) is 0 Å². The van der Waals surface area contributed by atoms with Gasteiger partial charge in [0.1, 0.15) is 5.75 Å². The molecule has 0 aliphatic carbocycles. The van der Waals surface area contributed by atoms with E-state index in [0.29, 0.717) is 15.8 Å². The van der Waals surface area contributed by atoms with Crippen molar-refractivity contribution >= 4 is 21.8 Å². The number of aliphatic hydroxyl groups excluding tert-OH is 1. The fraction of sp³-hybridized carbons (Fsp3) is 0.364. The van der Waals surface area contributed by atoms with Crippen molar-refractivity contribution in [1.29, 1.82) is 0 Å². The Morgan fingerprint density at radius 1 is 1.62 bits per heavy atom. The molecular weight excluding hydrogens is 274 g/mol. The lowest BCUT2D eigenvalue weighted by molar-refractivity contribution is 0.0921. The van der Waals surface area contributed by atoms with E-state index in [9.17, 15) is 4.79 Å². The summed E-state index contributed by atoms with van der Waals surface area (Å²) in [6.07, 6.45) is 0. The number of hydrogen-bond acceptors (Lipinski definition) is 3. The van der Waals surface area contributed by atoms with Crippen molar-refractivity contribution in [3.8, 4) is 5.75 Å². The highest BCUT2D eigenvalue weighted by Gasteiger charge is 2.13. The maximum atomic E-state index is 11.8. The number of carbonyl (C=O) groups is 1. The summed E-state index contributed by atoms with van der Waals surface area (Å²) in [6, 6.07) is 4.88. The minimum absolute atomic E-state index is 0.0900. The first-order valence-electron chi connectivity index (χ1n) is 4.83. The molecule has 0 radical (unpaired) electrons. The zero-order chi connectivity index (χ0) is 12.1. The van der Waals surface area contributed by atoms with E-state index in [1.54, 1.807) is 32.2 Å². The van der Waals surface area contributed by atoms with Gasteiger partial charge in [0.25, 0.3) is 5.91 Å². The highest BCUT2D eigenvalue weighted by atomic mass is 79.9. The van der Waals surface area contributed by atoms with E-state index in [4.69, 9.17) is 9.84 Å². The SMILES string of the molecule is COc1ccc(Br)c(C(=O)NC(C)CO)c1. The van der Waals surface area contributed by atoms with E-state index in [1.807, 2.05) is 0 Å². The van der Waals surface area contributed by atoms with Gasteiger partial charge in [-0.25, -0.2) is 0 Å². The second-order valence-electron chi connectivity index (χ2n) is 3.40. The van der Waals surface area contributed by atoms with Crippen LogP contribution >= 0.6 is 15.9 Å². The van der Waals surface area contributed by atoms with Crippen molar-refractivity contribution < 1.29 is 14.6 Å². The van der Waals surface area contributed by atoms with Gasteiger partial charge in [0, 0.05) is 10.5 Å². The Balaban J connectivity index is 2.89. The summed E-state index contributed by atoms with van der Waals surface area (Å²) in [4.78, 5) is 11.8. The highest BCUT2D eigenvalue weighted by Crippen LogP contribution is 2.22. The van der Waals surface area contributed by atoms with Crippen LogP contribution in [0, 0.1) is 0 Å². The van der Waals surface area contributed by atoms with Crippen LogP contribution in [-0.2, 0) is 0 Å². The van der Waals surface area contributed by atoms with Crippen LogP contribution in [0.25, 0.3) is 0 Å². The van der Waals surface area contributed by atoms with Gasteiger partial charge >= 0.3 is 0 Å². The molecule has 0 aliphatic rings. The smallest absolute Gasteiger partial charge is 0.252 e. The van der Waals surface area contributed by atoms with Crippen molar-refractivity contribution in [2.45, 2.75) is 13.0 Å². The number of methoxy groups -OCH3 is 1. The van der Waals surface area contributed by atoms with Gasteiger partial charge in [-0.05, 0) is 41.1 Å². The Morgan fingerprint density at radius 3 is 2.88 bits per heavy atom. The molecule has 1 aromatic carbocycles. The van der Waals surface area contributed by atoms with Crippen LogP contribution in [-0.4, -0.2) is 30.8 Å². The fourth-order valence-electron chi connectivity index (χ4n) is 1.15. The monoisotopic (exact) mass is 287 g/mol. The molecule has 2 N–H and O–H groups in total. The third-order valence-electron chi connectivity index (χ3n) is 2.07. The normalized spacial score (nSPS) is 12.0. The zero-order valence-electron chi connectivity index (χ0n) is 9.16. The molecule has 1 unspecified atom stereocenters. The molecule has 0 aliphatic heterocycles. The third kappa shape index (κ3) is 3.21. The number of nitrogens with one attached hydrogen (secondary N) is 1. The van der Waals surface area contributed by atoms with E-state index in [0.717, 1.165) is 0 Å². The molecule has 88 valence electrons.